The van der Waals surface area contributed by atoms with Gasteiger partial charge in [0.1, 0.15) is 0 Å². The van der Waals surface area contributed by atoms with Gasteiger partial charge in [0.15, 0.2) is 0 Å². The molecule has 0 aromatic heterocycles. The van der Waals surface area contributed by atoms with Crippen molar-refractivity contribution in [2.75, 3.05) is 6.54 Å². The number of hydrogen-bond donors (Lipinski definition) is 1. The Kier molecular flexibility index (Phi) is 6.38. The Morgan fingerprint density at radius 1 is 1.12 bits per heavy atom. The number of benzene rings is 1. The third-order valence-corrected chi connectivity index (χ3v) is 2.84. The molecule has 1 N–H and O–H groups in total. The third kappa shape index (κ3) is 6.10. The van der Waals surface area contributed by atoms with Crippen LogP contribution in [0.1, 0.15) is 43.7 Å². The van der Waals surface area contributed by atoms with Crippen LogP contribution in [-0.2, 0) is 11.2 Å². The van der Waals surface area contributed by atoms with Gasteiger partial charge in [-0.2, -0.15) is 0 Å². The first-order chi connectivity index (χ1) is 8.22. The second-order valence-electron chi connectivity index (χ2n) is 4.57. The van der Waals surface area contributed by atoms with E-state index in [0.717, 1.165) is 18.5 Å². The molecule has 0 fully saturated rings. The van der Waals surface area contributed by atoms with E-state index in [1.54, 1.807) is 0 Å². The Balaban J connectivity index is 2.18. The van der Waals surface area contributed by atoms with E-state index < -0.39 is 0 Å². The molecular weight excluding hydrogens is 210 g/mol. The summed E-state index contributed by atoms with van der Waals surface area (Å²) in [6.07, 6.45) is 5.29. The number of rotatable bonds is 7. The van der Waals surface area contributed by atoms with Gasteiger partial charge in [-0.15, -0.1) is 0 Å². The molecular formula is C15H23NO. The third-order valence-electron chi connectivity index (χ3n) is 2.84. The van der Waals surface area contributed by atoms with E-state index in [1.165, 1.54) is 24.8 Å². The first-order valence-corrected chi connectivity index (χ1v) is 6.54. The van der Waals surface area contributed by atoms with Gasteiger partial charge in [0, 0.05) is 6.54 Å². The summed E-state index contributed by atoms with van der Waals surface area (Å²) in [5.74, 6) is 0.130. The second-order valence-corrected chi connectivity index (χ2v) is 4.57. The zero-order chi connectivity index (χ0) is 12.5. The van der Waals surface area contributed by atoms with Gasteiger partial charge >= 0.3 is 0 Å². The van der Waals surface area contributed by atoms with Crippen LogP contribution in [-0.4, -0.2) is 12.5 Å². The molecule has 0 aliphatic heterocycles. The maximum atomic E-state index is 11.6. The summed E-state index contributed by atoms with van der Waals surface area (Å²) in [6.45, 7) is 5.05. The fraction of sp³-hybridized carbons (Fsp3) is 0.533. The van der Waals surface area contributed by atoms with Crippen LogP contribution < -0.4 is 5.32 Å². The average molecular weight is 233 g/mol. The Morgan fingerprint density at radius 2 is 1.82 bits per heavy atom. The van der Waals surface area contributed by atoms with E-state index in [1.807, 2.05) is 24.3 Å². The highest BCUT2D eigenvalue weighted by Gasteiger charge is 2.01. The Hall–Kier alpha value is -1.31. The molecule has 0 bridgehead atoms. The van der Waals surface area contributed by atoms with E-state index in [2.05, 4.69) is 19.2 Å². The molecule has 0 unspecified atom stereocenters. The van der Waals surface area contributed by atoms with Crippen molar-refractivity contribution in [1.82, 2.24) is 5.32 Å². The van der Waals surface area contributed by atoms with Gasteiger partial charge in [-0.1, -0.05) is 56.0 Å². The highest BCUT2D eigenvalue weighted by Crippen LogP contribution is 2.04. The van der Waals surface area contributed by atoms with Crippen molar-refractivity contribution in [3.63, 3.8) is 0 Å². The molecule has 17 heavy (non-hydrogen) atoms. The molecule has 0 aliphatic carbocycles. The first-order valence-electron chi connectivity index (χ1n) is 6.54. The summed E-state index contributed by atoms with van der Waals surface area (Å²) in [5, 5.41) is 2.97. The van der Waals surface area contributed by atoms with E-state index in [9.17, 15) is 4.79 Å². The zero-order valence-electron chi connectivity index (χ0n) is 11.0. The standard InChI is InChI=1S/C15H23NO/c1-3-4-5-6-11-16-15(17)12-14-9-7-13(2)8-10-14/h7-10H,3-6,11-12H2,1-2H3,(H,16,17). The molecule has 1 aromatic rings. The summed E-state index contributed by atoms with van der Waals surface area (Å²) >= 11 is 0. The number of nitrogens with one attached hydrogen (secondary N) is 1. The number of hydrogen-bond acceptors (Lipinski definition) is 1. The van der Waals surface area contributed by atoms with Gasteiger partial charge in [0.25, 0.3) is 0 Å². The van der Waals surface area contributed by atoms with Crippen molar-refractivity contribution < 1.29 is 4.79 Å². The van der Waals surface area contributed by atoms with E-state index in [4.69, 9.17) is 0 Å². The second kappa shape index (κ2) is 7.88. The van der Waals surface area contributed by atoms with Crippen molar-refractivity contribution in [3.8, 4) is 0 Å². The molecule has 1 rings (SSSR count). The molecule has 0 spiro atoms. The van der Waals surface area contributed by atoms with Crippen LogP contribution in [0.2, 0.25) is 0 Å². The van der Waals surface area contributed by atoms with Gasteiger partial charge in [-0.25, -0.2) is 0 Å². The minimum absolute atomic E-state index is 0.130. The van der Waals surface area contributed by atoms with Gasteiger partial charge < -0.3 is 5.32 Å². The molecule has 0 saturated carbocycles. The van der Waals surface area contributed by atoms with Crippen molar-refractivity contribution in [2.24, 2.45) is 0 Å². The summed E-state index contributed by atoms with van der Waals surface area (Å²) in [5.41, 5.74) is 2.32. The van der Waals surface area contributed by atoms with Crippen LogP contribution >= 0.6 is 0 Å². The molecule has 2 heteroatoms. The smallest absolute Gasteiger partial charge is 0.224 e. The van der Waals surface area contributed by atoms with Crippen LogP contribution in [0, 0.1) is 6.92 Å². The van der Waals surface area contributed by atoms with Gasteiger partial charge in [0.05, 0.1) is 6.42 Å². The molecule has 94 valence electrons. The normalized spacial score (nSPS) is 10.2. The van der Waals surface area contributed by atoms with Crippen LogP contribution in [0.4, 0.5) is 0 Å². The number of carbonyl (C=O) groups excluding carboxylic acids is 1. The van der Waals surface area contributed by atoms with E-state index >= 15 is 0 Å². The van der Waals surface area contributed by atoms with Crippen molar-refractivity contribution >= 4 is 5.91 Å². The lowest BCUT2D eigenvalue weighted by Gasteiger charge is -2.05. The molecule has 1 amide bonds. The topological polar surface area (TPSA) is 29.1 Å². The van der Waals surface area contributed by atoms with E-state index in [0.29, 0.717) is 6.42 Å². The number of aryl methyl sites for hydroxylation is 1. The fourth-order valence-corrected chi connectivity index (χ4v) is 1.73. The van der Waals surface area contributed by atoms with Crippen molar-refractivity contribution in [1.29, 1.82) is 0 Å². The highest BCUT2D eigenvalue weighted by atomic mass is 16.1. The fourth-order valence-electron chi connectivity index (χ4n) is 1.73. The number of unbranched alkanes of at least 4 members (excludes halogenated alkanes) is 3. The maximum absolute atomic E-state index is 11.6. The summed E-state index contributed by atoms with van der Waals surface area (Å²) in [4.78, 5) is 11.6. The zero-order valence-corrected chi connectivity index (χ0v) is 11.0. The quantitative estimate of drug-likeness (QED) is 0.720. The summed E-state index contributed by atoms with van der Waals surface area (Å²) < 4.78 is 0. The number of amides is 1. The van der Waals surface area contributed by atoms with Crippen molar-refractivity contribution in [3.05, 3.63) is 35.4 Å². The predicted molar refractivity (Wildman–Crippen MR) is 72.0 cm³/mol. The minimum Gasteiger partial charge on any atom is -0.356 e. The Bertz CT molecular complexity index is 329. The molecule has 2 nitrogen and oxygen atoms in total. The molecule has 1 aromatic carbocycles. The largest absolute Gasteiger partial charge is 0.356 e. The van der Waals surface area contributed by atoms with Crippen molar-refractivity contribution in [2.45, 2.75) is 46.0 Å². The van der Waals surface area contributed by atoms with Crippen LogP contribution in [0.15, 0.2) is 24.3 Å². The molecule has 0 atom stereocenters. The molecule has 0 saturated heterocycles. The lowest BCUT2D eigenvalue weighted by atomic mass is 10.1. The Labute approximate surface area is 104 Å². The van der Waals surface area contributed by atoms with Gasteiger partial charge in [0.2, 0.25) is 5.91 Å². The SMILES string of the molecule is CCCCCCNC(=O)Cc1ccc(C)cc1. The summed E-state index contributed by atoms with van der Waals surface area (Å²) in [7, 11) is 0. The molecule has 0 aliphatic rings. The Morgan fingerprint density at radius 3 is 2.47 bits per heavy atom. The maximum Gasteiger partial charge on any atom is 0.224 e. The minimum atomic E-state index is 0.130. The van der Waals surface area contributed by atoms with Crippen LogP contribution in [0.5, 0.6) is 0 Å². The predicted octanol–water partition coefficient (Wildman–Crippen LogP) is 3.23. The lowest BCUT2D eigenvalue weighted by molar-refractivity contribution is -0.120. The first kappa shape index (κ1) is 13.8. The average Bonchev–Trinajstić information content (AvgIpc) is 2.32. The molecule has 0 heterocycles. The lowest BCUT2D eigenvalue weighted by Crippen LogP contribution is -2.26. The highest BCUT2D eigenvalue weighted by molar-refractivity contribution is 5.78. The van der Waals surface area contributed by atoms with Crippen LogP contribution in [0.3, 0.4) is 0 Å². The van der Waals surface area contributed by atoms with Gasteiger partial charge in [-0.3, -0.25) is 4.79 Å². The van der Waals surface area contributed by atoms with Gasteiger partial charge in [-0.05, 0) is 18.9 Å². The number of carbonyl (C=O) groups is 1. The van der Waals surface area contributed by atoms with E-state index in [-0.39, 0.29) is 5.91 Å². The monoisotopic (exact) mass is 233 g/mol. The van der Waals surface area contributed by atoms with Crippen LogP contribution in [0.25, 0.3) is 0 Å². The summed E-state index contributed by atoms with van der Waals surface area (Å²) in [6, 6.07) is 8.13. The molecule has 0 radical (unpaired) electrons.